The van der Waals surface area contributed by atoms with Gasteiger partial charge in [0.15, 0.2) is 0 Å². The van der Waals surface area contributed by atoms with E-state index in [9.17, 15) is 4.57 Å². The van der Waals surface area contributed by atoms with Gasteiger partial charge in [-0.05, 0) is 28.8 Å². The Kier molecular flexibility index (Phi) is 5.10. The molecule has 0 saturated heterocycles. The van der Waals surface area contributed by atoms with Crippen LogP contribution in [0.15, 0.2) is 96.8 Å². The second kappa shape index (κ2) is 7.44. The molecule has 0 bridgehead atoms. The van der Waals surface area contributed by atoms with Crippen molar-refractivity contribution in [2.24, 2.45) is 0 Å². The van der Waals surface area contributed by atoms with Gasteiger partial charge in [0, 0.05) is 18.2 Å². The Labute approximate surface area is 142 Å². The quantitative estimate of drug-likeness (QED) is 0.590. The summed E-state index contributed by atoms with van der Waals surface area (Å²) in [5.74, 6) is 1.77. The number of rotatable bonds is 5. The fourth-order valence-corrected chi connectivity index (χ4v) is 4.28. The van der Waals surface area contributed by atoms with E-state index in [0.717, 1.165) is 16.7 Å². The Bertz CT molecular complexity index is 815. The fraction of sp³-hybridized carbons (Fsp3) is 0.0476. The van der Waals surface area contributed by atoms with E-state index < -0.39 is 7.37 Å². The zero-order valence-corrected chi connectivity index (χ0v) is 14.4. The standard InChI is InChI=1S/C21H19O2P/c1-23-24(22,20-15-9-4-10-16-20)17-21(18-11-5-2-6-12-18)19-13-7-3-8-14-19/h2-17H,1H3/t24-/m0/s1. The first-order valence-corrected chi connectivity index (χ1v) is 9.47. The van der Waals surface area contributed by atoms with Crippen molar-refractivity contribution in [1.29, 1.82) is 0 Å². The summed E-state index contributed by atoms with van der Waals surface area (Å²) in [6.45, 7) is 0. The normalized spacial score (nSPS) is 13.0. The molecule has 3 heteroatoms. The van der Waals surface area contributed by atoms with Crippen LogP contribution in [0.5, 0.6) is 0 Å². The van der Waals surface area contributed by atoms with Gasteiger partial charge in [-0.3, -0.25) is 4.57 Å². The van der Waals surface area contributed by atoms with Gasteiger partial charge in [-0.15, -0.1) is 0 Å². The summed E-state index contributed by atoms with van der Waals surface area (Å²) in [5.41, 5.74) is 2.93. The second-order valence-corrected chi connectivity index (χ2v) is 7.72. The predicted octanol–water partition coefficient (Wildman–Crippen LogP) is 5.33. The summed E-state index contributed by atoms with van der Waals surface area (Å²) in [5, 5.41) is 0.692. The molecule has 0 N–H and O–H groups in total. The highest BCUT2D eigenvalue weighted by atomic mass is 31.2. The third-order valence-corrected chi connectivity index (χ3v) is 6.01. The molecule has 24 heavy (non-hydrogen) atoms. The summed E-state index contributed by atoms with van der Waals surface area (Å²) in [7, 11) is -1.60. The van der Waals surface area contributed by atoms with Crippen molar-refractivity contribution in [2.45, 2.75) is 0 Å². The van der Waals surface area contributed by atoms with Crippen LogP contribution in [-0.2, 0) is 9.09 Å². The third-order valence-electron chi connectivity index (χ3n) is 3.86. The topological polar surface area (TPSA) is 26.3 Å². The van der Waals surface area contributed by atoms with Crippen molar-refractivity contribution in [2.75, 3.05) is 7.11 Å². The van der Waals surface area contributed by atoms with Gasteiger partial charge in [-0.25, -0.2) is 0 Å². The van der Waals surface area contributed by atoms with Gasteiger partial charge in [-0.1, -0.05) is 78.9 Å². The van der Waals surface area contributed by atoms with Crippen LogP contribution in [0.4, 0.5) is 0 Å². The molecule has 0 heterocycles. The van der Waals surface area contributed by atoms with Crippen LogP contribution >= 0.6 is 7.37 Å². The van der Waals surface area contributed by atoms with E-state index in [2.05, 4.69) is 0 Å². The van der Waals surface area contributed by atoms with Gasteiger partial charge in [0.2, 0.25) is 0 Å². The van der Waals surface area contributed by atoms with E-state index in [1.165, 1.54) is 7.11 Å². The van der Waals surface area contributed by atoms with Crippen LogP contribution in [-0.4, -0.2) is 7.11 Å². The van der Waals surface area contributed by atoms with E-state index >= 15 is 0 Å². The lowest BCUT2D eigenvalue weighted by Crippen LogP contribution is -2.04. The first-order valence-electron chi connectivity index (χ1n) is 7.78. The molecule has 2 nitrogen and oxygen atoms in total. The smallest absolute Gasteiger partial charge is 0.254 e. The monoisotopic (exact) mass is 334 g/mol. The van der Waals surface area contributed by atoms with Gasteiger partial charge in [0.25, 0.3) is 7.37 Å². The summed E-state index contributed by atoms with van der Waals surface area (Å²) in [4.78, 5) is 0. The third kappa shape index (κ3) is 3.56. The summed E-state index contributed by atoms with van der Waals surface area (Å²) in [6.07, 6.45) is 0. The lowest BCUT2D eigenvalue weighted by Gasteiger charge is -2.16. The van der Waals surface area contributed by atoms with Crippen LogP contribution < -0.4 is 5.30 Å². The molecule has 0 aromatic heterocycles. The van der Waals surface area contributed by atoms with Crippen molar-refractivity contribution >= 4 is 18.2 Å². The Morgan fingerprint density at radius 1 is 0.750 bits per heavy atom. The number of benzene rings is 3. The summed E-state index contributed by atoms with van der Waals surface area (Å²) < 4.78 is 18.9. The lowest BCUT2D eigenvalue weighted by molar-refractivity contribution is 0.411. The Balaban J connectivity index is 2.18. The largest absolute Gasteiger partial charge is 0.326 e. The maximum absolute atomic E-state index is 13.4. The Morgan fingerprint density at radius 2 is 1.17 bits per heavy atom. The molecule has 0 spiro atoms. The van der Waals surface area contributed by atoms with E-state index in [1.807, 2.05) is 91.0 Å². The minimum Gasteiger partial charge on any atom is -0.326 e. The molecule has 3 rings (SSSR count). The fourth-order valence-electron chi connectivity index (χ4n) is 2.59. The van der Waals surface area contributed by atoms with Crippen LogP contribution in [0.3, 0.4) is 0 Å². The van der Waals surface area contributed by atoms with E-state index in [4.69, 9.17) is 4.52 Å². The molecular weight excluding hydrogens is 315 g/mol. The Morgan fingerprint density at radius 3 is 1.58 bits per heavy atom. The molecule has 0 aliphatic carbocycles. The molecule has 0 aliphatic heterocycles. The van der Waals surface area contributed by atoms with Crippen molar-refractivity contribution in [3.63, 3.8) is 0 Å². The molecule has 1 atom stereocenters. The summed E-state index contributed by atoms with van der Waals surface area (Å²) in [6, 6.07) is 29.3. The molecule has 0 unspecified atom stereocenters. The molecule has 0 fully saturated rings. The van der Waals surface area contributed by atoms with E-state index in [0.29, 0.717) is 5.30 Å². The van der Waals surface area contributed by atoms with Gasteiger partial charge in [0.1, 0.15) is 0 Å². The minimum atomic E-state index is -3.10. The molecule has 3 aromatic rings. The average Bonchev–Trinajstić information content (AvgIpc) is 2.68. The molecule has 0 amide bonds. The molecule has 3 aromatic carbocycles. The highest BCUT2D eigenvalue weighted by Gasteiger charge is 2.23. The van der Waals surface area contributed by atoms with Gasteiger partial charge in [0.05, 0.1) is 0 Å². The average molecular weight is 334 g/mol. The highest BCUT2D eigenvalue weighted by Crippen LogP contribution is 2.49. The zero-order chi connectivity index (χ0) is 16.8. The summed E-state index contributed by atoms with van der Waals surface area (Å²) >= 11 is 0. The van der Waals surface area contributed by atoms with Gasteiger partial charge >= 0.3 is 0 Å². The Hall–Kier alpha value is -2.41. The van der Waals surface area contributed by atoms with Crippen LogP contribution in [0.25, 0.3) is 5.57 Å². The van der Waals surface area contributed by atoms with E-state index in [-0.39, 0.29) is 0 Å². The maximum Gasteiger partial charge on any atom is 0.254 e. The first kappa shape index (κ1) is 16.4. The van der Waals surface area contributed by atoms with Gasteiger partial charge < -0.3 is 4.52 Å². The van der Waals surface area contributed by atoms with Crippen LogP contribution in [0.2, 0.25) is 0 Å². The van der Waals surface area contributed by atoms with Crippen molar-refractivity contribution < 1.29 is 9.09 Å². The van der Waals surface area contributed by atoms with Crippen molar-refractivity contribution in [3.05, 3.63) is 108 Å². The molecule has 0 radical (unpaired) electrons. The van der Waals surface area contributed by atoms with Gasteiger partial charge in [-0.2, -0.15) is 0 Å². The SMILES string of the molecule is CO[P@@](=O)(C=C(c1ccccc1)c1ccccc1)c1ccccc1. The molecule has 120 valence electrons. The second-order valence-electron chi connectivity index (χ2n) is 5.39. The maximum atomic E-state index is 13.4. The molecular formula is C21H19O2P. The highest BCUT2D eigenvalue weighted by molar-refractivity contribution is 7.70. The minimum absolute atomic E-state index is 0.692. The van der Waals surface area contributed by atoms with Crippen LogP contribution in [0, 0.1) is 0 Å². The molecule has 0 aliphatic rings. The molecule has 0 saturated carbocycles. The number of hydrogen-bond acceptors (Lipinski definition) is 2. The zero-order valence-electron chi connectivity index (χ0n) is 13.5. The predicted molar refractivity (Wildman–Crippen MR) is 101 cm³/mol. The van der Waals surface area contributed by atoms with E-state index in [1.54, 1.807) is 5.82 Å². The lowest BCUT2D eigenvalue weighted by atomic mass is 10.00. The number of hydrogen-bond donors (Lipinski definition) is 0. The van der Waals surface area contributed by atoms with Crippen molar-refractivity contribution in [1.82, 2.24) is 0 Å². The van der Waals surface area contributed by atoms with Crippen molar-refractivity contribution in [3.8, 4) is 0 Å². The first-order chi connectivity index (χ1) is 11.7. The van der Waals surface area contributed by atoms with Crippen LogP contribution in [0.1, 0.15) is 11.1 Å².